The maximum atomic E-state index is 12.6. The highest BCUT2D eigenvalue weighted by Gasteiger charge is 2.26. The van der Waals surface area contributed by atoms with E-state index >= 15 is 0 Å². The first kappa shape index (κ1) is 19.4. The molecule has 1 fully saturated rings. The molecule has 0 radical (unpaired) electrons. The number of para-hydroxylation sites is 2. The Labute approximate surface area is 173 Å². The highest BCUT2D eigenvalue weighted by atomic mass is 35.5. The van der Waals surface area contributed by atoms with Crippen molar-refractivity contribution < 1.29 is 9.59 Å². The third-order valence-corrected chi connectivity index (χ3v) is 5.35. The molecule has 1 aliphatic heterocycles. The number of likely N-dealkylation sites (tertiary alicyclic amines) is 1. The molecule has 0 spiro atoms. The number of rotatable bonds is 5. The summed E-state index contributed by atoms with van der Waals surface area (Å²) in [6, 6.07) is 11.2. The second kappa shape index (κ2) is 8.61. The maximum absolute atomic E-state index is 12.6. The number of nitrogens with zero attached hydrogens (tertiary/aromatic N) is 3. The summed E-state index contributed by atoms with van der Waals surface area (Å²) in [6.07, 6.45) is 3.68. The molecule has 3 heterocycles. The van der Waals surface area contributed by atoms with E-state index in [1.165, 1.54) is 6.20 Å². The van der Waals surface area contributed by atoms with Gasteiger partial charge in [0.25, 0.3) is 0 Å². The van der Waals surface area contributed by atoms with E-state index in [1.54, 1.807) is 12.1 Å². The number of anilines is 1. The summed E-state index contributed by atoms with van der Waals surface area (Å²) in [5.41, 5.74) is 1.96. The van der Waals surface area contributed by atoms with Crippen molar-refractivity contribution in [2.45, 2.75) is 31.6 Å². The standard InChI is InChI=1S/C21H22ClN5O2/c22-15-7-8-18(23-12-15)26-19(28)9-10-20(29)27-11-3-4-14(13-27)21-24-16-5-1-2-6-17(16)25-21/h1-2,5-8,12,14H,3-4,9-11,13H2,(H,24,25)(H,23,26,28). The van der Waals surface area contributed by atoms with E-state index in [4.69, 9.17) is 11.6 Å². The second-order valence-electron chi connectivity index (χ2n) is 7.23. The number of benzene rings is 1. The van der Waals surface area contributed by atoms with Gasteiger partial charge in [-0.3, -0.25) is 9.59 Å². The molecule has 2 aromatic heterocycles. The van der Waals surface area contributed by atoms with Crippen molar-refractivity contribution >= 4 is 40.3 Å². The predicted molar refractivity (Wildman–Crippen MR) is 112 cm³/mol. The van der Waals surface area contributed by atoms with Crippen molar-refractivity contribution in [1.29, 1.82) is 0 Å². The Morgan fingerprint density at radius 3 is 2.86 bits per heavy atom. The monoisotopic (exact) mass is 411 g/mol. The minimum absolute atomic E-state index is 0.00923. The van der Waals surface area contributed by atoms with Crippen LogP contribution in [0, 0.1) is 0 Å². The van der Waals surface area contributed by atoms with Crippen LogP contribution < -0.4 is 5.32 Å². The molecular weight excluding hydrogens is 390 g/mol. The van der Waals surface area contributed by atoms with Crippen LogP contribution in [0.1, 0.15) is 37.4 Å². The van der Waals surface area contributed by atoms with Crippen LogP contribution in [0.5, 0.6) is 0 Å². The Kier molecular flexibility index (Phi) is 5.76. The van der Waals surface area contributed by atoms with Gasteiger partial charge in [-0.1, -0.05) is 23.7 Å². The number of piperidine rings is 1. The number of hydrogen-bond donors (Lipinski definition) is 2. The molecule has 3 aromatic rings. The lowest BCUT2D eigenvalue weighted by Crippen LogP contribution is -2.39. The lowest BCUT2D eigenvalue weighted by molar-refractivity contribution is -0.134. The molecule has 0 saturated carbocycles. The molecule has 29 heavy (non-hydrogen) atoms. The Hall–Kier alpha value is -2.93. The third-order valence-electron chi connectivity index (χ3n) is 5.13. The average molecular weight is 412 g/mol. The molecule has 1 aromatic carbocycles. The zero-order valence-corrected chi connectivity index (χ0v) is 16.7. The Morgan fingerprint density at radius 1 is 1.21 bits per heavy atom. The Morgan fingerprint density at radius 2 is 2.07 bits per heavy atom. The number of amides is 2. The van der Waals surface area contributed by atoms with Gasteiger partial charge in [0.2, 0.25) is 11.8 Å². The van der Waals surface area contributed by atoms with Gasteiger partial charge in [-0.25, -0.2) is 9.97 Å². The molecule has 4 rings (SSSR count). The van der Waals surface area contributed by atoms with Crippen molar-refractivity contribution in [2.75, 3.05) is 18.4 Å². The molecule has 150 valence electrons. The van der Waals surface area contributed by atoms with Crippen LogP contribution in [0.3, 0.4) is 0 Å². The number of imidazole rings is 1. The van der Waals surface area contributed by atoms with Gasteiger partial charge in [-0.15, -0.1) is 0 Å². The molecule has 7 nitrogen and oxygen atoms in total. The number of pyridine rings is 1. The average Bonchev–Trinajstić information content (AvgIpc) is 3.18. The summed E-state index contributed by atoms with van der Waals surface area (Å²) >= 11 is 5.78. The van der Waals surface area contributed by atoms with Gasteiger partial charge in [0, 0.05) is 38.0 Å². The predicted octanol–water partition coefficient (Wildman–Crippen LogP) is 3.74. The number of aromatic amines is 1. The SMILES string of the molecule is O=C(CCC(=O)N1CCCC(c2nc3ccccc3[nH]2)C1)Nc1ccc(Cl)cn1. The van der Waals surface area contributed by atoms with Crippen molar-refractivity contribution in [3.63, 3.8) is 0 Å². The third kappa shape index (κ3) is 4.74. The fourth-order valence-corrected chi connectivity index (χ4v) is 3.74. The van der Waals surface area contributed by atoms with Gasteiger partial charge in [-0.2, -0.15) is 0 Å². The number of H-pyrrole nitrogens is 1. The highest BCUT2D eigenvalue weighted by Crippen LogP contribution is 2.27. The molecule has 2 amide bonds. The summed E-state index contributed by atoms with van der Waals surface area (Å²) in [6.45, 7) is 1.34. The Bertz CT molecular complexity index is 984. The topological polar surface area (TPSA) is 91.0 Å². The van der Waals surface area contributed by atoms with Crippen LogP contribution in [0.2, 0.25) is 5.02 Å². The van der Waals surface area contributed by atoms with Crippen LogP contribution >= 0.6 is 11.6 Å². The zero-order chi connectivity index (χ0) is 20.2. The van der Waals surface area contributed by atoms with Crippen LogP contribution in [-0.2, 0) is 9.59 Å². The smallest absolute Gasteiger partial charge is 0.226 e. The van der Waals surface area contributed by atoms with Gasteiger partial charge < -0.3 is 15.2 Å². The number of carbonyl (C=O) groups is 2. The molecule has 2 N–H and O–H groups in total. The summed E-state index contributed by atoms with van der Waals surface area (Å²) in [5, 5.41) is 3.18. The quantitative estimate of drug-likeness (QED) is 0.669. The lowest BCUT2D eigenvalue weighted by Gasteiger charge is -2.32. The number of hydrogen-bond acceptors (Lipinski definition) is 4. The van der Waals surface area contributed by atoms with Gasteiger partial charge in [0.05, 0.1) is 16.1 Å². The number of fused-ring (bicyclic) bond motifs is 1. The summed E-state index contributed by atoms with van der Waals surface area (Å²) in [5.74, 6) is 1.29. The molecule has 0 bridgehead atoms. The van der Waals surface area contributed by atoms with Crippen molar-refractivity contribution in [1.82, 2.24) is 19.9 Å². The van der Waals surface area contributed by atoms with E-state index in [-0.39, 0.29) is 30.6 Å². The van der Waals surface area contributed by atoms with Gasteiger partial charge in [-0.05, 0) is 37.1 Å². The first-order chi connectivity index (χ1) is 14.1. The van der Waals surface area contributed by atoms with Crippen LogP contribution in [-0.4, -0.2) is 44.8 Å². The fraction of sp³-hybridized carbons (Fsp3) is 0.333. The minimum Gasteiger partial charge on any atom is -0.342 e. The molecule has 1 saturated heterocycles. The molecule has 1 unspecified atom stereocenters. The molecule has 1 atom stereocenters. The number of aromatic nitrogens is 3. The van der Waals surface area contributed by atoms with Crippen LogP contribution in [0.25, 0.3) is 11.0 Å². The summed E-state index contributed by atoms with van der Waals surface area (Å²) < 4.78 is 0. The minimum atomic E-state index is -0.237. The Balaban J connectivity index is 1.31. The van der Waals surface area contributed by atoms with Gasteiger partial charge >= 0.3 is 0 Å². The molecule has 1 aliphatic rings. The van der Waals surface area contributed by atoms with E-state index in [0.29, 0.717) is 17.4 Å². The number of nitrogens with one attached hydrogen (secondary N) is 2. The van der Waals surface area contributed by atoms with Crippen LogP contribution in [0.4, 0.5) is 5.82 Å². The normalized spacial score (nSPS) is 16.7. The van der Waals surface area contributed by atoms with Crippen molar-refractivity contribution in [2.24, 2.45) is 0 Å². The van der Waals surface area contributed by atoms with E-state index < -0.39 is 0 Å². The first-order valence-electron chi connectivity index (χ1n) is 9.72. The van der Waals surface area contributed by atoms with Gasteiger partial charge in [0.15, 0.2) is 0 Å². The molecule has 8 heteroatoms. The first-order valence-corrected chi connectivity index (χ1v) is 10.1. The molecule has 0 aliphatic carbocycles. The summed E-state index contributed by atoms with van der Waals surface area (Å²) in [7, 11) is 0. The number of carbonyl (C=O) groups excluding carboxylic acids is 2. The second-order valence-corrected chi connectivity index (χ2v) is 7.66. The molecular formula is C21H22ClN5O2. The number of halogens is 1. The van der Waals surface area contributed by atoms with Crippen molar-refractivity contribution in [3.05, 3.63) is 53.4 Å². The van der Waals surface area contributed by atoms with E-state index in [9.17, 15) is 9.59 Å². The highest BCUT2D eigenvalue weighted by molar-refractivity contribution is 6.30. The lowest BCUT2D eigenvalue weighted by atomic mass is 9.97. The summed E-state index contributed by atoms with van der Waals surface area (Å²) in [4.78, 5) is 38.7. The zero-order valence-electron chi connectivity index (χ0n) is 15.9. The van der Waals surface area contributed by atoms with E-state index in [1.807, 2.05) is 29.2 Å². The largest absolute Gasteiger partial charge is 0.342 e. The van der Waals surface area contributed by atoms with E-state index in [2.05, 4.69) is 20.3 Å². The van der Waals surface area contributed by atoms with E-state index in [0.717, 1.165) is 36.2 Å². The van der Waals surface area contributed by atoms with Crippen molar-refractivity contribution in [3.8, 4) is 0 Å². The van der Waals surface area contributed by atoms with Gasteiger partial charge in [0.1, 0.15) is 11.6 Å². The maximum Gasteiger partial charge on any atom is 0.226 e. The fourth-order valence-electron chi connectivity index (χ4n) is 3.63. The van der Waals surface area contributed by atoms with Crippen LogP contribution in [0.15, 0.2) is 42.6 Å².